The number of hydrogen-bond acceptors (Lipinski definition) is 5. The Morgan fingerprint density at radius 1 is 1.09 bits per heavy atom. The summed E-state index contributed by atoms with van der Waals surface area (Å²) >= 11 is 6.12. The molecule has 0 aliphatic rings. The number of halogens is 1. The van der Waals surface area contributed by atoms with Crippen LogP contribution >= 0.6 is 11.6 Å². The first-order chi connectivity index (χ1) is 16.4. The van der Waals surface area contributed by atoms with Crippen molar-refractivity contribution in [2.24, 2.45) is 0 Å². The summed E-state index contributed by atoms with van der Waals surface area (Å²) in [6.45, 7) is 4.64. The number of aromatic nitrogens is 4. The Labute approximate surface area is 201 Å². The molecule has 0 radical (unpaired) electrons. The fraction of sp³-hybridized carbons (Fsp3) is 0.154. The van der Waals surface area contributed by atoms with Crippen LogP contribution < -0.4 is 11.1 Å². The molecular formula is C26H23ClN6O. The van der Waals surface area contributed by atoms with Crippen LogP contribution in [-0.4, -0.2) is 25.7 Å². The molecule has 0 bridgehead atoms. The average molecular weight is 471 g/mol. The lowest BCUT2D eigenvalue weighted by atomic mass is 10.1. The second-order valence-electron chi connectivity index (χ2n) is 8.31. The van der Waals surface area contributed by atoms with Crippen LogP contribution in [0, 0.1) is 13.8 Å². The van der Waals surface area contributed by atoms with Gasteiger partial charge in [0.05, 0.1) is 22.6 Å². The van der Waals surface area contributed by atoms with Crippen LogP contribution in [0.5, 0.6) is 0 Å². The van der Waals surface area contributed by atoms with Gasteiger partial charge in [-0.25, -0.2) is 4.98 Å². The maximum atomic E-state index is 13.4. The first kappa shape index (κ1) is 21.9. The van der Waals surface area contributed by atoms with Gasteiger partial charge in [-0.1, -0.05) is 35.9 Å². The number of fused-ring (bicyclic) bond motifs is 2. The van der Waals surface area contributed by atoms with Gasteiger partial charge in [0.1, 0.15) is 11.5 Å². The van der Waals surface area contributed by atoms with Crippen molar-refractivity contribution in [3.63, 3.8) is 0 Å². The summed E-state index contributed by atoms with van der Waals surface area (Å²) in [5.41, 5.74) is 11.7. The van der Waals surface area contributed by atoms with E-state index in [-0.39, 0.29) is 5.91 Å². The molecular weight excluding hydrogens is 448 g/mol. The summed E-state index contributed by atoms with van der Waals surface area (Å²) in [5, 5.41) is 10.1. The Morgan fingerprint density at radius 3 is 2.74 bits per heavy atom. The van der Waals surface area contributed by atoms with Crippen molar-refractivity contribution >= 4 is 45.1 Å². The molecule has 0 unspecified atom stereocenters. The van der Waals surface area contributed by atoms with Crippen LogP contribution in [0.15, 0.2) is 60.8 Å². The topological polar surface area (TPSA) is 98.7 Å². The molecule has 7 nitrogen and oxygen atoms in total. The van der Waals surface area contributed by atoms with Gasteiger partial charge >= 0.3 is 0 Å². The highest BCUT2D eigenvalue weighted by molar-refractivity contribution is 6.31. The molecule has 170 valence electrons. The van der Waals surface area contributed by atoms with Crippen LogP contribution in [0.25, 0.3) is 21.8 Å². The zero-order chi connectivity index (χ0) is 23.8. The van der Waals surface area contributed by atoms with Crippen molar-refractivity contribution < 1.29 is 4.79 Å². The Kier molecular flexibility index (Phi) is 5.63. The molecule has 3 N–H and O–H groups in total. The van der Waals surface area contributed by atoms with Gasteiger partial charge in [0.15, 0.2) is 0 Å². The summed E-state index contributed by atoms with van der Waals surface area (Å²) in [4.78, 5) is 22.1. The SMILES string of the molecule is Cc1cc(N)nc(C)c1CNC(=O)c1c2ccccc2nn1Cc1ccc2ncc(Cl)cc2c1. The lowest BCUT2D eigenvalue weighted by molar-refractivity contribution is 0.0942. The smallest absolute Gasteiger partial charge is 0.270 e. The maximum absolute atomic E-state index is 13.4. The van der Waals surface area contributed by atoms with E-state index in [1.165, 1.54) is 0 Å². The monoisotopic (exact) mass is 470 g/mol. The summed E-state index contributed by atoms with van der Waals surface area (Å²) in [6.07, 6.45) is 1.63. The third kappa shape index (κ3) is 4.18. The standard InChI is InChI=1S/C26H23ClN6O/c1-15-9-24(28)31-16(2)21(15)13-30-26(34)25-20-5-3-4-6-23(20)32-33(25)14-17-7-8-22-18(10-17)11-19(27)12-29-22/h3-12H,13-14H2,1-2H3,(H2,28,31)(H,30,34). The minimum atomic E-state index is -0.199. The van der Waals surface area contributed by atoms with Crippen molar-refractivity contribution in [3.8, 4) is 0 Å². The van der Waals surface area contributed by atoms with E-state index >= 15 is 0 Å². The number of nitrogens with two attached hydrogens (primary N) is 1. The van der Waals surface area contributed by atoms with Crippen molar-refractivity contribution in [3.05, 3.63) is 93.9 Å². The number of nitrogen functional groups attached to an aromatic ring is 1. The molecule has 3 heterocycles. The summed E-state index contributed by atoms with van der Waals surface area (Å²) in [7, 11) is 0. The number of carbonyl (C=O) groups is 1. The van der Waals surface area contributed by atoms with Gasteiger partial charge in [0.2, 0.25) is 0 Å². The lowest BCUT2D eigenvalue weighted by Gasteiger charge is -2.13. The highest BCUT2D eigenvalue weighted by atomic mass is 35.5. The molecule has 0 saturated carbocycles. The van der Waals surface area contributed by atoms with Gasteiger partial charge < -0.3 is 11.1 Å². The van der Waals surface area contributed by atoms with Gasteiger partial charge in [0, 0.05) is 29.2 Å². The minimum absolute atomic E-state index is 0.199. The molecule has 8 heteroatoms. The Bertz CT molecular complexity index is 1540. The molecule has 0 spiro atoms. The van der Waals surface area contributed by atoms with Crippen LogP contribution in [0.3, 0.4) is 0 Å². The number of aryl methyl sites for hydroxylation is 2. The third-order valence-electron chi connectivity index (χ3n) is 5.91. The second-order valence-corrected chi connectivity index (χ2v) is 8.75. The van der Waals surface area contributed by atoms with E-state index in [2.05, 4.69) is 15.3 Å². The molecule has 0 aliphatic heterocycles. The molecule has 5 rings (SSSR count). The highest BCUT2D eigenvalue weighted by Gasteiger charge is 2.19. The quantitative estimate of drug-likeness (QED) is 0.384. The minimum Gasteiger partial charge on any atom is -0.384 e. The largest absolute Gasteiger partial charge is 0.384 e. The van der Waals surface area contributed by atoms with Crippen molar-refractivity contribution in [1.29, 1.82) is 0 Å². The lowest BCUT2D eigenvalue weighted by Crippen LogP contribution is -2.27. The molecule has 3 aromatic heterocycles. The Morgan fingerprint density at radius 2 is 1.91 bits per heavy atom. The van der Waals surface area contributed by atoms with Crippen molar-refractivity contribution in [2.45, 2.75) is 26.9 Å². The molecule has 0 saturated heterocycles. The summed E-state index contributed by atoms with van der Waals surface area (Å²) < 4.78 is 1.75. The van der Waals surface area contributed by atoms with Crippen LogP contribution in [0.1, 0.15) is 32.9 Å². The highest BCUT2D eigenvalue weighted by Crippen LogP contribution is 2.23. The molecule has 1 amide bonds. The molecule has 0 aliphatic carbocycles. The van der Waals surface area contributed by atoms with E-state index in [1.807, 2.05) is 68.4 Å². The number of amides is 1. The van der Waals surface area contributed by atoms with E-state index in [0.29, 0.717) is 29.6 Å². The van der Waals surface area contributed by atoms with Gasteiger partial charge in [-0.2, -0.15) is 5.10 Å². The van der Waals surface area contributed by atoms with Crippen molar-refractivity contribution in [2.75, 3.05) is 5.73 Å². The van der Waals surface area contributed by atoms with Crippen LogP contribution in [0.4, 0.5) is 5.82 Å². The first-order valence-corrected chi connectivity index (χ1v) is 11.3. The zero-order valence-electron chi connectivity index (χ0n) is 18.8. The van der Waals surface area contributed by atoms with Gasteiger partial charge in [-0.3, -0.25) is 14.5 Å². The molecule has 0 atom stereocenters. The third-order valence-corrected chi connectivity index (χ3v) is 6.11. The van der Waals surface area contributed by atoms with E-state index in [9.17, 15) is 4.79 Å². The number of hydrogen-bond donors (Lipinski definition) is 2. The van der Waals surface area contributed by atoms with Gasteiger partial charge in [-0.15, -0.1) is 0 Å². The van der Waals surface area contributed by atoms with Crippen molar-refractivity contribution in [1.82, 2.24) is 25.1 Å². The first-order valence-electron chi connectivity index (χ1n) is 10.9. The number of benzene rings is 2. The van der Waals surface area contributed by atoms with Gasteiger partial charge in [-0.05, 0) is 60.9 Å². The Balaban J connectivity index is 1.48. The van der Waals surface area contributed by atoms with E-state index in [4.69, 9.17) is 22.4 Å². The predicted molar refractivity (Wildman–Crippen MR) is 135 cm³/mol. The fourth-order valence-electron chi connectivity index (χ4n) is 4.27. The number of carbonyl (C=O) groups excluding carboxylic acids is 1. The molecule has 34 heavy (non-hydrogen) atoms. The fourth-order valence-corrected chi connectivity index (χ4v) is 4.43. The molecule has 2 aromatic carbocycles. The number of anilines is 1. The number of rotatable bonds is 5. The average Bonchev–Trinajstić information content (AvgIpc) is 3.15. The number of nitrogens with one attached hydrogen (secondary N) is 1. The zero-order valence-corrected chi connectivity index (χ0v) is 19.6. The normalized spacial score (nSPS) is 11.3. The summed E-state index contributed by atoms with van der Waals surface area (Å²) in [6, 6.07) is 17.3. The Hall–Kier alpha value is -3.97. The predicted octanol–water partition coefficient (Wildman–Crippen LogP) is 4.81. The van der Waals surface area contributed by atoms with E-state index < -0.39 is 0 Å². The second kappa shape index (κ2) is 8.76. The summed E-state index contributed by atoms with van der Waals surface area (Å²) in [5.74, 6) is 0.274. The maximum Gasteiger partial charge on any atom is 0.270 e. The van der Waals surface area contributed by atoms with Gasteiger partial charge in [0.25, 0.3) is 5.91 Å². The van der Waals surface area contributed by atoms with Crippen LogP contribution in [0.2, 0.25) is 5.02 Å². The van der Waals surface area contributed by atoms with E-state index in [1.54, 1.807) is 10.9 Å². The molecule has 0 fully saturated rings. The van der Waals surface area contributed by atoms with E-state index in [0.717, 1.165) is 44.2 Å². The number of pyridine rings is 2. The van der Waals surface area contributed by atoms with Crippen LogP contribution in [-0.2, 0) is 13.1 Å². The molecule has 5 aromatic rings. The number of nitrogens with zero attached hydrogens (tertiary/aromatic N) is 4.